The molecule has 0 aromatic heterocycles. The minimum absolute atomic E-state index is 0.0800. The summed E-state index contributed by atoms with van der Waals surface area (Å²) in [6, 6.07) is 7.55. The summed E-state index contributed by atoms with van der Waals surface area (Å²) in [7, 11) is -0.834. The van der Waals surface area contributed by atoms with Crippen LogP contribution in [0.1, 0.15) is 31.7 Å². The standard InChI is InChI=1S/C15H22N2O2S/c1-11(20(2)19)7-10-17-14(18)15(8-9-15)12-3-5-13(16)6-4-12/h3-6,11H,7-10,16H2,1-2H3,(H,17,18). The Hall–Kier alpha value is -1.36. The van der Waals surface area contributed by atoms with Crippen LogP contribution in [0.3, 0.4) is 0 Å². The molecule has 20 heavy (non-hydrogen) atoms. The van der Waals surface area contributed by atoms with Crippen LogP contribution in [-0.4, -0.2) is 28.2 Å². The second-order valence-corrected chi connectivity index (χ2v) is 7.36. The third kappa shape index (κ3) is 3.20. The van der Waals surface area contributed by atoms with Gasteiger partial charge >= 0.3 is 0 Å². The fraction of sp³-hybridized carbons (Fsp3) is 0.533. The van der Waals surface area contributed by atoms with Crippen molar-refractivity contribution in [2.75, 3.05) is 18.5 Å². The summed E-state index contributed by atoms with van der Waals surface area (Å²) in [5.74, 6) is 0.0800. The summed E-state index contributed by atoms with van der Waals surface area (Å²) >= 11 is 0. The van der Waals surface area contributed by atoms with Gasteiger partial charge in [-0.15, -0.1) is 0 Å². The van der Waals surface area contributed by atoms with Crippen LogP contribution in [0.2, 0.25) is 0 Å². The summed E-state index contributed by atoms with van der Waals surface area (Å²) in [5, 5.41) is 3.09. The summed E-state index contributed by atoms with van der Waals surface area (Å²) in [6.07, 6.45) is 4.21. The van der Waals surface area contributed by atoms with Crippen LogP contribution < -0.4 is 11.1 Å². The molecule has 2 unspecified atom stereocenters. The molecule has 1 aromatic rings. The van der Waals surface area contributed by atoms with Crippen molar-refractivity contribution < 1.29 is 9.00 Å². The van der Waals surface area contributed by atoms with Crippen molar-refractivity contribution in [3.63, 3.8) is 0 Å². The maximum atomic E-state index is 12.3. The van der Waals surface area contributed by atoms with Gasteiger partial charge in [0.15, 0.2) is 0 Å². The quantitative estimate of drug-likeness (QED) is 0.782. The van der Waals surface area contributed by atoms with Gasteiger partial charge in [-0.2, -0.15) is 0 Å². The van der Waals surface area contributed by atoms with Gasteiger partial charge in [0.25, 0.3) is 0 Å². The first-order valence-electron chi connectivity index (χ1n) is 6.92. The molecule has 1 aliphatic carbocycles. The highest BCUT2D eigenvalue weighted by Crippen LogP contribution is 2.48. The van der Waals surface area contributed by atoms with Crippen LogP contribution in [0.5, 0.6) is 0 Å². The Morgan fingerprint density at radius 3 is 2.50 bits per heavy atom. The van der Waals surface area contributed by atoms with Crippen molar-refractivity contribution in [1.29, 1.82) is 0 Å². The lowest BCUT2D eigenvalue weighted by atomic mass is 9.94. The molecule has 0 spiro atoms. The summed E-state index contributed by atoms with van der Waals surface area (Å²) in [4.78, 5) is 12.3. The van der Waals surface area contributed by atoms with Gasteiger partial charge in [-0.1, -0.05) is 19.1 Å². The molecule has 5 heteroatoms. The van der Waals surface area contributed by atoms with E-state index in [-0.39, 0.29) is 16.6 Å². The maximum absolute atomic E-state index is 12.3. The van der Waals surface area contributed by atoms with E-state index in [0.717, 1.165) is 24.8 Å². The van der Waals surface area contributed by atoms with Crippen LogP contribution in [0.4, 0.5) is 5.69 Å². The van der Waals surface area contributed by atoms with Crippen molar-refractivity contribution in [1.82, 2.24) is 5.32 Å². The maximum Gasteiger partial charge on any atom is 0.230 e. The highest BCUT2D eigenvalue weighted by Gasteiger charge is 2.50. The van der Waals surface area contributed by atoms with E-state index in [4.69, 9.17) is 5.73 Å². The molecule has 0 aliphatic heterocycles. The molecule has 3 N–H and O–H groups in total. The molecule has 0 saturated heterocycles. The van der Waals surface area contributed by atoms with Crippen molar-refractivity contribution in [3.05, 3.63) is 29.8 Å². The molecular weight excluding hydrogens is 272 g/mol. The fourth-order valence-electron chi connectivity index (χ4n) is 2.30. The number of rotatable bonds is 6. The monoisotopic (exact) mass is 294 g/mol. The number of nitrogens with two attached hydrogens (primary N) is 1. The number of carbonyl (C=O) groups excluding carboxylic acids is 1. The van der Waals surface area contributed by atoms with Gasteiger partial charge in [0, 0.05) is 34.5 Å². The van der Waals surface area contributed by atoms with Gasteiger partial charge in [-0.05, 0) is 37.0 Å². The van der Waals surface area contributed by atoms with Crippen LogP contribution in [0, 0.1) is 0 Å². The normalized spacial score (nSPS) is 19.1. The molecule has 0 radical (unpaired) electrons. The number of benzene rings is 1. The second kappa shape index (κ2) is 5.95. The Balaban J connectivity index is 1.92. The molecule has 1 amide bonds. The molecule has 0 bridgehead atoms. The molecule has 2 rings (SSSR count). The summed E-state index contributed by atoms with van der Waals surface area (Å²) < 4.78 is 11.3. The van der Waals surface area contributed by atoms with Crippen LogP contribution in [0.15, 0.2) is 24.3 Å². The zero-order chi connectivity index (χ0) is 14.8. The summed E-state index contributed by atoms with van der Waals surface area (Å²) in [6.45, 7) is 2.52. The van der Waals surface area contributed by atoms with E-state index in [1.807, 2.05) is 31.2 Å². The van der Waals surface area contributed by atoms with Crippen molar-refractivity contribution >= 4 is 22.4 Å². The SMILES string of the molecule is CC(CCNC(=O)C1(c2ccc(N)cc2)CC1)S(C)=O. The third-order valence-electron chi connectivity index (χ3n) is 4.05. The molecule has 1 saturated carbocycles. The van der Waals surface area contributed by atoms with Crippen LogP contribution >= 0.6 is 0 Å². The predicted octanol–water partition coefficient (Wildman–Crippen LogP) is 1.57. The lowest BCUT2D eigenvalue weighted by Gasteiger charge is -2.17. The molecule has 1 fully saturated rings. The zero-order valence-corrected chi connectivity index (χ0v) is 12.8. The van der Waals surface area contributed by atoms with E-state index < -0.39 is 10.8 Å². The number of nitrogens with one attached hydrogen (secondary N) is 1. The van der Waals surface area contributed by atoms with Gasteiger partial charge in [-0.3, -0.25) is 9.00 Å². The largest absolute Gasteiger partial charge is 0.399 e. The van der Waals surface area contributed by atoms with Crippen LogP contribution in [-0.2, 0) is 21.0 Å². The topological polar surface area (TPSA) is 72.2 Å². The minimum atomic E-state index is -0.834. The number of amides is 1. The molecule has 1 aromatic carbocycles. The molecule has 2 atom stereocenters. The van der Waals surface area contributed by atoms with Gasteiger partial charge in [-0.25, -0.2) is 0 Å². The molecule has 4 nitrogen and oxygen atoms in total. The number of nitrogen functional groups attached to an aromatic ring is 1. The smallest absolute Gasteiger partial charge is 0.230 e. The molecular formula is C15H22N2O2S. The van der Waals surface area contributed by atoms with Gasteiger partial charge in [0.2, 0.25) is 5.91 Å². The fourth-order valence-corrected chi connectivity index (χ4v) is 2.75. The van der Waals surface area contributed by atoms with E-state index in [9.17, 15) is 9.00 Å². The van der Waals surface area contributed by atoms with Gasteiger partial charge in [0.1, 0.15) is 0 Å². The lowest BCUT2D eigenvalue weighted by Crippen LogP contribution is -2.36. The number of carbonyl (C=O) groups is 1. The molecule has 0 heterocycles. The van der Waals surface area contributed by atoms with Crippen molar-refractivity contribution in [2.45, 2.75) is 36.9 Å². The predicted molar refractivity (Wildman–Crippen MR) is 82.9 cm³/mol. The molecule has 1 aliphatic rings. The minimum Gasteiger partial charge on any atom is -0.399 e. The van der Waals surface area contributed by atoms with Gasteiger partial charge in [0.05, 0.1) is 5.41 Å². The number of anilines is 1. The average molecular weight is 294 g/mol. The Bertz CT molecular complexity index is 509. The Kier molecular flexibility index (Phi) is 4.48. The Morgan fingerprint density at radius 2 is 2.00 bits per heavy atom. The average Bonchev–Trinajstić information content (AvgIpc) is 3.20. The third-order valence-corrected chi connectivity index (χ3v) is 5.42. The Morgan fingerprint density at radius 1 is 1.40 bits per heavy atom. The zero-order valence-electron chi connectivity index (χ0n) is 12.0. The van der Waals surface area contributed by atoms with Crippen LogP contribution in [0.25, 0.3) is 0 Å². The van der Waals surface area contributed by atoms with E-state index in [0.29, 0.717) is 12.2 Å². The molecule has 110 valence electrons. The van der Waals surface area contributed by atoms with Gasteiger partial charge < -0.3 is 11.1 Å². The van der Waals surface area contributed by atoms with Crippen molar-refractivity contribution in [3.8, 4) is 0 Å². The first-order valence-corrected chi connectivity index (χ1v) is 8.54. The van der Waals surface area contributed by atoms with Crippen molar-refractivity contribution in [2.24, 2.45) is 0 Å². The summed E-state index contributed by atoms with van der Waals surface area (Å²) in [5.41, 5.74) is 7.07. The number of hydrogen-bond donors (Lipinski definition) is 2. The highest BCUT2D eigenvalue weighted by atomic mass is 32.2. The second-order valence-electron chi connectivity index (χ2n) is 5.56. The van der Waals surface area contributed by atoms with E-state index in [1.165, 1.54) is 0 Å². The first-order chi connectivity index (χ1) is 9.45. The lowest BCUT2D eigenvalue weighted by molar-refractivity contribution is -0.123. The Labute approximate surface area is 122 Å². The van der Waals surface area contributed by atoms with E-state index >= 15 is 0 Å². The van der Waals surface area contributed by atoms with E-state index in [2.05, 4.69) is 5.32 Å². The first kappa shape index (κ1) is 15.0. The highest BCUT2D eigenvalue weighted by molar-refractivity contribution is 7.84. The van der Waals surface area contributed by atoms with E-state index in [1.54, 1.807) is 6.26 Å². The number of hydrogen-bond acceptors (Lipinski definition) is 3.